The van der Waals surface area contributed by atoms with Crippen molar-refractivity contribution in [1.29, 1.82) is 0 Å². The first kappa shape index (κ1) is 21.2. The van der Waals surface area contributed by atoms with Gasteiger partial charge in [-0.15, -0.1) is 0 Å². The van der Waals surface area contributed by atoms with E-state index in [0.29, 0.717) is 33.1 Å². The van der Waals surface area contributed by atoms with Crippen LogP contribution in [-0.4, -0.2) is 40.9 Å². The zero-order valence-corrected chi connectivity index (χ0v) is 18.9. The third kappa shape index (κ3) is 4.21. The number of nitrogens with zero attached hydrogens (tertiary/aromatic N) is 4. The van der Waals surface area contributed by atoms with E-state index in [2.05, 4.69) is 20.3 Å². The van der Waals surface area contributed by atoms with E-state index in [0.717, 1.165) is 35.7 Å². The van der Waals surface area contributed by atoms with Crippen molar-refractivity contribution < 1.29 is 13.9 Å². The number of rotatable bonds is 6. The molecular weight excluding hydrogens is 442 g/mol. The smallest absolute Gasteiger partial charge is 0.294 e. The molecule has 1 N–H and O–H groups in total. The first-order chi connectivity index (χ1) is 16.1. The van der Waals surface area contributed by atoms with Crippen LogP contribution in [0.1, 0.15) is 19.3 Å². The molecule has 170 valence electrons. The number of hydrogen-bond donors (Lipinski definition) is 1. The fourth-order valence-electron chi connectivity index (χ4n) is 3.92. The summed E-state index contributed by atoms with van der Waals surface area (Å²) in [4.78, 5) is 32.9. The molecule has 1 fully saturated rings. The number of fused-ring (bicyclic) bond motifs is 1. The predicted octanol–water partition coefficient (Wildman–Crippen LogP) is 3.75. The van der Waals surface area contributed by atoms with Crippen LogP contribution in [0, 0.1) is 0 Å². The number of aromatic nitrogens is 3. The minimum atomic E-state index is -0.407. The summed E-state index contributed by atoms with van der Waals surface area (Å²) in [5.74, 6) is 0.654. The number of carbonyl (C=O) groups excluding carboxylic acids is 1. The fraction of sp³-hybridized carbons (Fsp3) is 0.304. The van der Waals surface area contributed by atoms with Crippen LogP contribution in [0.15, 0.2) is 51.9 Å². The molecule has 10 heteroatoms. The van der Waals surface area contributed by atoms with E-state index >= 15 is 0 Å². The Kier molecular flexibility index (Phi) is 5.82. The van der Waals surface area contributed by atoms with Crippen LogP contribution in [0.25, 0.3) is 21.7 Å². The largest absolute Gasteiger partial charge is 0.495 e. The van der Waals surface area contributed by atoms with Gasteiger partial charge in [-0.2, -0.15) is 5.10 Å². The molecule has 3 aromatic heterocycles. The van der Waals surface area contributed by atoms with Gasteiger partial charge in [-0.05, 0) is 43.5 Å². The molecule has 0 unspecified atom stereocenters. The van der Waals surface area contributed by atoms with Crippen molar-refractivity contribution in [2.75, 3.05) is 30.4 Å². The number of anilines is 2. The van der Waals surface area contributed by atoms with Gasteiger partial charge in [0.05, 0.1) is 23.8 Å². The highest BCUT2D eigenvalue weighted by Gasteiger charge is 2.23. The van der Waals surface area contributed by atoms with E-state index in [4.69, 9.17) is 9.15 Å². The zero-order chi connectivity index (χ0) is 22.8. The lowest BCUT2D eigenvalue weighted by Crippen LogP contribution is -2.31. The van der Waals surface area contributed by atoms with Crippen LogP contribution in [0.5, 0.6) is 5.75 Å². The SMILES string of the molecule is COc1ccccc1NC(=O)Cn1nc(-c2ccco2)c2sc(N3CCCCC3)nc2c1=O. The minimum Gasteiger partial charge on any atom is -0.495 e. The van der Waals surface area contributed by atoms with Crippen LogP contribution in [0.2, 0.25) is 0 Å². The molecule has 0 radical (unpaired) electrons. The second-order valence-electron chi connectivity index (χ2n) is 7.76. The molecule has 4 aromatic rings. The number of carbonyl (C=O) groups is 1. The van der Waals surface area contributed by atoms with Gasteiger partial charge < -0.3 is 19.4 Å². The number of amides is 1. The van der Waals surface area contributed by atoms with E-state index in [9.17, 15) is 9.59 Å². The Morgan fingerprint density at radius 1 is 1.18 bits per heavy atom. The van der Waals surface area contributed by atoms with Gasteiger partial charge in [0.25, 0.3) is 5.56 Å². The summed E-state index contributed by atoms with van der Waals surface area (Å²) in [5.41, 5.74) is 0.911. The molecule has 0 atom stereocenters. The van der Waals surface area contributed by atoms with Gasteiger partial charge in [-0.3, -0.25) is 9.59 Å². The highest BCUT2D eigenvalue weighted by Crippen LogP contribution is 2.34. The number of ether oxygens (including phenoxy) is 1. The lowest BCUT2D eigenvalue weighted by Gasteiger charge is -2.25. The topological polar surface area (TPSA) is 102 Å². The fourth-order valence-corrected chi connectivity index (χ4v) is 5.02. The van der Waals surface area contributed by atoms with Crippen LogP contribution < -0.4 is 20.5 Å². The molecule has 1 saturated heterocycles. The van der Waals surface area contributed by atoms with E-state index in [1.165, 1.54) is 24.9 Å². The first-order valence-corrected chi connectivity index (χ1v) is 11.6. The summed E-state index contributed by atoms with van der Waals surface area (Å²) in [6.45, 7) is 1.56. The summed E-state index contributed by atoms with van der Waals surface area (Å²) in [6.07, 6.45) is 4.97. The predicted molar refractivity (Wildman–Crippen MR) is 127 cm³/mol. The number of para-hydroxylation sites is 2. The molecule has 4 heterocycles. The van der Waals surface area contributed by atoms with E-state index < -0.39 is 11.5 Å². The van der Waals surface area contributed by atoms with Gasteiger partial charge in [0.2, 0.25) is 5.91 Å². The standard InChI is InChI=1S/C23H23N5O4S/c1-31-16-9-4-3-8-15(16)24-18(29)14-28-22(30)20-21(19(26-28)17-10-7-13-32-17)33-23(25-20)27-11-5-2-6-12-27/h3-4,7-10,13H,2,5-6,11-12,14H2,1H3,(H,24,29). The van der Waals surface area contributed by atoms with Gasteiger partial charge in [0, 0.05) is 13.1 Å². The normalized spacial score (nSPS) is 13.9. The summed E-state index contributed by atoms with van der Waals surface area (Å²) >= 11 is 1.44. The number of hydrogen-bond acceptors (Lipinski definition) is 8. The highest BCUT2D eigenvalue weighted by molar-refractivity contribution is 7.22. The zero-order valence-electron chi connectivity index (χ0n) is 18.1. The molecule has 0 spiro atoms. The average molecular weight is 466 g/mol. The maximum Gasteiger partial charge on any atom is 0.294 e. The number of methoxy groups -OCH3 is 1. The Balaban J connectivity index is 1.52. The Morgan fingerprint density at radius 2 is 2.00 bits per heavy atom. The molecule has 1 aliphatic heterocycles. The monoisotopic (exact) mass is 465 g/mol. The van der Waals surface area contributed by atoms with Gasteiger partial charge in [0.1, 0.15) is 18.0 Å². The Morgan fingerprint density at radius 3 is 2.76 bits per heavy atom. The molecule has 1 aromatic carbocycles. The third-order valence-electron chi connectivity index (χ3n) is 5.54. The molecule has 33 heavy (non-hydrogen) atoms. The van der Waals surface area contributed by atoms with Crippen molar-refractivity contribution in [3.63, 3.8) is 0 Å². The third-order valence-corrected chi connectivity index (χ3v) is 6.67. The second kappa shape index (κ2) is 9.07. The first-order valence-electron chi connectivity index (χ1n) is 10.8. The van der Waals surface area contributed by atoms with Crippen LogP contribution in [0.3, 0.4) is 0 Å². The molecule has 9 nitrogen and oxygen atoms in total. The molecule has 0 saturated carbocycles. The van der Waals surface area contributed by atoms with E-state index in [1.54, 1.807) is 36.6 Å². The van der Waals surface area contributed by atoms with Crippen LogP contribution >= 0.6 is 11.3 Å². The number of thiazole rings is 1. The number of piperidine rings is 1. The lowest BCUT2D eigenvalue weighted by molar-refractivity contribution is -0.117. The summed E-state index contributed by atoms with van der Waals surface area (Å²) in [5, 5.41) is 8.08. The summed E-state index contributed by atoms with van der Waals surface area (Å²) in [7, 11) is 1.53. The Hall–Kier alpha value is -3.66. The number of benzene rings is 1. The van der Waals surface area contributed by atoms with Crippen molar-refractivity contribution in [3.8, 4) is 17.2 Å². The van der Waals surface area contributed by atoms with Crippen molar-refractivity contribution in [2.45, 2.75) is 25.8 Å². The van der Waals surface area contributed by atoms with Crippen molar-refractivity contribution in [1.82, 2.24) is 14.8 Å². The Bertz CT molecular complexity index is 1340. The minimum absolute atomic E-state index is 0.267. The molecule has 0 bridgehead atoms. The van der Waals surface area contributed by atoms with Gasteiger partial charge in [-0.1, -0.05) is 23.5 Å². The van der Waals surface area contributed by atoms with Crippen molar-refractivity contribution >= 4 is 38.3 Å². The van der Waals surface area contributed by atoms with E-state index in [-0.39, 0.29) is 6.54 Å². The lowest BCUT2D eigenvalue weighted by atomic mass is 10.1. The summed E-state index contributed by atoms with van der Waals surface area (Å²) in [6, 6.07) is 10.6. The van der Waals surface area contributed by atoms with Gasteiger partial charge in [-0.25, -0.2) is 9.67 Å². The van der Waals surface area contributed by atoms with Gasteiger partial charge in [0.15, 0.2) is 16.4 Å². The second-order valence-corrected chi connectivity index (χ2v) is 8.74. The number of nitrogens with one attached hydrogen (secondary N) is 1. The molecular formula is C23H23N5O4S. The maximum atomic E-state index is 13.2. The maximum absolute atomic E-state index is 13.2. The molecule has 5 rings (SSSR count). The van der Waals surface area contributed by atoms with Crippen LogP contribution in [-0.2, 0) is 11.3 Å². The van der Waals surface area contributed by atoms with E-state index in [1.807, 2.05) is 6.07 Å². The highest BCUT2D eigenvalue weighted by atomic mass is 32.1. The van der Waals surface area contributed by atoms with Crippen LogP contribution in [0.4, 0.5) is 10.8 Å². The van der Waals surface area contributed by atoms with Crippen molar-refractivity contribution in [2.24, 2.45) is 0 Å². The Labute approximate surface area is 193 Å². The van der Waals surface area contributed by atoms with Gasteiger partial charge >= 0.3 is 0 Å². The molecule has 1 aliphatic rings. The summed E-state index contributed by atoms with van der Waals surface area (Å²) < 4.78 is 12.7. The molecule has 1 amide bonds. The average Bonchev–Trinajstić information content (AvgIpc) is 3.53. The quantitative estimate of drug-likeness (QED) is 0.463. The number of furan rings is 1. The molecule has 0 aliphatic carbocycles. The van der Waals surface area contributed by atoms with Crippen molar-refractivity contribution in [3.05, 3.63) is 53.0 Å².